The lowest BCUT2D eigenvalue weighted by Crippen LogP contribution is -2.50. The SMILES string of the molecule is Cc1ccccc1-c1c2c3c4c([n+]1C)CCC4(C)CCC3(C)CC2.Cc1ccccc1-c1c2c3c4c([n+]1C)CCC4(C)CCC3(C)CCC2.Cc1ccccc1-c1c2c3c4c([n+]1C)CCC4CCC3CC2.Cc1ccccc1-c1c2c3c4c([n+]1C)CCCC4(C)CCC3(C)CC2.Cc1ccccc1-c1c2c3c4c([n+]1C)CCCC4(C)CCC3(C)CCC2. The predicted octanol–water partition coefficient (Wildman–Crippen LogP) is 24.7. The Hall–Kier alpha value is -8.15. The minimum absolute atomic E-state index is 0.403. The number of aryl methyl sites for hydroxylation is 5. The molecular formula is C117H144N5+5. The van der Waals surface area contributed by atoms with Gasteiger partial charge in [-0.2, -0.15) is 22.8 Å². The van der Waals surface area contributed by atoms with Gasteiger partial charge in [0.1, 0.15) is 35.2 Å². The summed E-state index contributed by atoms with van der Waals surface area (Å²) in [6, 6.07) is 44.9. The number of nitrogens with zero attached hydrogens (tertiary/aromatic N) is 5. The van der Waals surface area contributed by atoms with Crippen LogP contribution < -0.4 is 22.8 Å². The van der Waals surface area contributed by atoms with Crippen LogP contribution in [0.5, 0.6) is 0 Å². The summed E-state index contributed by atoms with van der Waals surface area (Å²) < 4.78 is 12.9. The number of benzene rings is 5. The smallest absolute Gasteiger partial charge is 0.198 e. The van der Waals surface area contributed by atoms with Gasteiger partial charge in [-0.05, 0) is 362 Å². The summed E-state index contributed by atoms with van der Waals surface area (Å²) in [4.78, 5) is 0. The molecule has 0 N–H and O–H groups in total. The zero-order valence-corrected chi connectivity index (χ0v) is 78.5. The van der Waals surface area contributed by atoms with Crippen molar-refractivity contribution in [1.29, 1.82) is 0 Å². The number of hydrogen-bond acceptors (Lipinski definition) is 0. The van der Waals surface area contributed by atoms with E-state index in [2.05, 4.69) is 269 Å². The first-order chi connectivity index (χ1) is 58.5. The molecule has 5 heteroatoms. The second kappa shape index (κ2) is 29.2. The first kappa shape index (κ1) is 80.9. The lowest BCUT2D eigenvalue weighted by molar-refractivity contribution is -0.669. The summed E-state index contributed by atoms with van der Waals surface area (Å²) in [6.07, 6.45) is 45.6. The van der Waals surface area contributed by atoms with E-state index in [4.69, 9.17) is 0 Å². The van der Waals surface area contributed by atoms with E-state index in [9.17, 15) is 0 Å². The average molecular weight is 1620 g/mol. The number of hydrogen-bond donors (Lipinski definition) is 0. The van der Waals surface area contributed by atoms with Crippen LogP contribution in [0, 0.1) is 34.6 Å². The Labute approximate surface area is 734 Å². The Kier molecular flexibility index (Phi) is 19.4. The molecule has 5 heterocycles. The molecule has 10 atom stereocenters. The number of rotatable bonds is 5. The molecule has 0 radical (unpaired) electrons. The van der Waals surface area contributed by atoms with E-state index in [1.165, 1.54) is 302 Å². The van der Waals surface area contributed by atoms with Gasteiger partial charge in [0.2, 0.25) is 28.5 Å². The molecule has 0 aliphatic heterocycles. The van der Waals surface area contributed by atoms with Crippen molar-refractivity contribution in [3.63, 3.8) is 0 Å². The van der Waals surface area contributed by atoms with Gasteiger partial charge in [-0.1, -0.05) is 146 Å². The molecule has 10 unspecified atom stereocenters. The predicted molar refractivity (Wildman–Crippen MR) is 501 cm³/mol. The highest BCUT2D eigenvalue weighted by molar-refractivity contribution is 5.75. The highest BCUT2D eigenvalue weighted by Gasteiger charge is 2.59. The fourth-order valence-electron chi connectivity index (χ4n) is 30.7. The van der Waals surface area contributed by atoms with Gasteiger partial charge in [-0.25, -0.2) is 0 Å². The molecule has 5 aromatic carbocycles. The normalized spacial score (nSPS) is 28.7. The van der Waals surface area contributed by atoms with Gasteiger partial charge in [0.15, 0.2) is 28.5 Å². The zero-order valence-electron chi connectivity index (χ0n) is 78.5. The standard InChI is InChI=1S/C25H32N.2C24H30N.C23H28N.C21H24N/c1-17-9-5-6-10-18(17)23-19-11-7-13-24(2)15-16-25(3)14-8-12-20(26(23)4)22(25)21(19)24;1-16-8-5-6-9-17(16)22-18-11-13-24(3)15-14-23(2)12-7-10-19(25(22)4)21(23)20(18)24;1-16-8-5-6-9-17(16)22-18-10-7-12-23(2)14-15-24(3)13-11-19(25(22)4)21(24)20(18)23;1-15-7-5-6-8-16(15)21-17-9-11-22(2)13-14-23(3)12-10-18(24(21)4)20(23)19(17)22;1-13-5-3-4-6-16(13)21-17-11-9-14-7-8-15-10-12-18(22(21)2)20(15)19(14)17/h5-6,9-10H,7-8,11-16H2,1-4H3;2*5-6,8-9H,7,10-15H2,1-4H3;5-8H,9-14H2,1-4H3;3-6,14-15H,7-12H2,1-2H3/q5*+1. The molecule has 5 nitrogen and oxygen atoms in total. The van der Waals surface area contributed by atoms with Crippen molar-refractivity contribution in [2.75, 3.05) is 0 Å². The topological polar surface area (TPSA) is 19.4 Å². The Balaban J connectivity index is 0.0000000940. The van der Waals surface area contributed by atoms with E-state index >= 15 is 0 Å². The van der Waals surface area contributed by atoms with E-state index < -0.39 is 0 Å². The first-order valence-electron chi connectivity index (χ1n) is 49.3. The zero-order chi connectivity index (χ0) is 84.4. The third-order valence-electron chi connectivity index (χ3n) is 37.6. The molecule has 10 aromatic rings. The van der Waals surface area contributed by atoms with Crippen molar-refractivity contribution in [1.82, 2.24) is 0 Å². The highest BCUT2D eigenvalue weighted by Crippen LogP contribution is 2.64. The summed E-state index contributed by atoms with van der Waals surface area (Å²) in [5, 5.41) is 0. The van der Waals surface area contributed by atoms with Crippen LogP contribution in [-0.4, -0.2) is 0 Å². The fraction of sp³-hybridized carbons (Fsp3) is 0.530. The van der Waals surface area contributed by atoms with Crippen LogP contribution in [0.2, 0.25) is 0 Å². The maximum Gasteiger partial charge on any atom is 0.216 e. The Bertz CT molecular complexity index is 6060. The van der Waals surface area contributed by atoms with E-state index in [1.807, 2.05) is 0 Å². The van der Waals surface area contributed by atoms with Crippen LogP contribution in [0.15, 0.2) is 121 Å². The maximum absolute atomic E-state index is 2.60. The van der Waals surface area contributed by atoms with Gasteiger partial charge >= 0.3 is 0 Å². The van der Waals surface area contributed by atoms with Crippen LogP contribution in [0.25, 0.3) is 56.3 Å². The largest absolute Gasteiger partial charge is 0.216 e. The molecule has 0 bridgehead atoms. The Morgan fingerprint density at radius 1 is 0.213 bits per heavy atom. The molecule has 0 saturated heterocycles. The fourth-order valence-corrected chi connectivity index (χ4v) is 30.7. The minimum Gasteiger partial charge on any atom is -0.198 e. The van der Waals surface area contributed by atoms with Crippen molar-refractivity contribution in [3.8, 4) is 56.3 Å². The average Bonchev–Trinajstić information content (AvgIpc) is 1.57. The lowest BCUT2D eigenvalue weighted by Gasteiger charge is -2.50. The third kappa shape index (κ3) is 12.0. The summed E-state index contributed by atoms with van der Waals surface area (Å²) >= 11 is 0. The quantitative estimate of drug-likeness (QED) is 0.153. The first-order valence-corrected chi connectivity index (χ1v) is 49.3. The molecule has 15 aliphatic rings. The van der Waals surface area contributed by atoms with Crippen LogP contribution >= 0.6 is 0 Å². The molecular weight excluding hydrogens is 1480 g/mol. The maximum atomic E-state index is 2.60. The summed E-state index contributed by atoms with van der Waals surface area (Å²) in [5.41, 5.74) is 59.5. The number of aromatic nitrogens is 5. The van der Waals surface area contributed by atoms with Crippen LogP contribution in [0.4, 0.5) is 0 Å². The molecule has 0 amide bonds. The summed E-state index contributed by atoms with van der Waals surface area (Å²) in [6.45, 7) is 31.8. The molecule has 632 valence electrons. The molecule has 5 aromatic heterocycles. The van der Waals surface area contributed by atoms with Crippen LogP contribution in [0.3, 0.4) is 0 Å². The summed E-state index contributed by atoms with van der Waals surface area (Å²) in [7, 11) is 11.7. The molecule has 25 rings (SSSR count). The van der Waals surface area contributed by atoms with E-state index in [0.29, 0.717) is 43.3 Å². The van der Waals surface area contributed by atoms with Gasteiger partial charge in [-0.3, -0.25) is 0 Å². The van der Waals surface area contributed by atoms with Crippen molar-refractivity contribution >= 4 is 0 Å². The molecule has 15 aliphatic carbocycles. The van der Waals surface area contributed by atoms with Gasteiger partial charge in [0, 0.05) is 116 Å². The van der Waals surface area contributed by atoms with Crippen molar-refractivity contribution < 1.29 is 22.8 Å². The van der Waals surface area contributed by atoms with E-state index in [0.717, 1.165) is 11.8 Å². The second-order valence-corrected chi connectivity index (χ2v) is 45.0. The Morgan fingerprint density at radius 3 is 0.779 bits per heavy atom. The Morgan fingerprint density at radius 2 is 0.451 bits per heavy atom. The summed E-state index contributed by atoms with van der Waals surface area (Å²) in [5.74, 6) is 1.73. The third-order valence-corrected chi connectivity index (χ3v) is 37.6. The lowest BCUT2D eigenvalue weighted by atomic mass is 9.54. The van der Waals surface area contributed by atoms with Gasteiger partial charge < -0.3 is 0 Å². The molecule has 122 heavy (non-hydrogen) atoms. The van der Waals surface area contributed by atoms with Gasteiger partial charge in [-0.15, -0.1) is 0 Å². The van der Waals surface area contributed by atoms with Crippen LogP contribution in [0.1, 0.15) is 361 Å². The van der Waals surface area contributed by atoms with Gasteiger partial charge in [0.25, 0.3) is 0 Å². The van der Waals surface area contributed by atoms with Crippen LogP contribution in [-0.2, 0) is 143 Å². The number of pyridine rings is 5. The highest BCUT2D eigenvalue weighted by atomic mass is 15.0. The van der Waals surface area contributed by atoms with Gasteiger partial charge in [0.05, 0.1) is 0 Å². The van der Waals surface area contributed by atoms with E-state index in [-0.39, 0.29) is 0 Å². The van der Waals surface area contributed by atoms with E-state index in [1.54, 1.807) is 112 Å². The molecule has 0 saturated carbocycles. The van der Waals surface area contributed by atoms with Crippen molar-refractivity contribution in [3.05, 3.63) is 261 Å². The van der Waals surface area contributed by atoms with Crippen molar-refractivity contribution in [2.24, 2.45) is 35.2 Å². The molecule has 0 spiro atoms. The monoisotopic (exact) mass is 1620 g/mol. The van der Waals surface area contributed by atoms with Crippen molar-refractivity contribution in [2.45, 2.75) is 363 Å². The molecule has 0 fully saturated rings. The minimum atomic E-state index is 0.403. The second-order valence-electron chi connectivity index (χ2n) is 45.0.